The fourth-order valence-corrected chi connectivity index (χ4v) is 3.04. The van der Waals surface area contributed by atoms with Gasteiger partial charge >= 0.3 is 0 Å². The molecule has 27 heavy (non-hydrogen) atoms. The lowest BCUT2D eigenvalue weighted by atomic mass is 10.2. The summed E-state index contributed by atoms with van der Waals surface area (Å²) in [5, 5.41) is 3.68. The lowest BCUT2D eigenvalue weighted by Gasteiger charge is -2.11. The molecule has 1 aromatic heterocycles. The molecule has 0 atom stereocenters. The Hall–Kier alpha value is -2.76. The van der Waals surface area contributed by atoms with Gasteiger partial charge in [-0.15, -0.1) is 0 Å². The van der Waals surface area contributed by atoms with Crippen LogP contribution >= 0.6 is 23.2 Å². The number of hydrogen-bond donors (Lipinski definition) is 1. The van der Waals surface area contributed by atoms with Crippen molar-refractivity contribution in [3.63, 3.8) is 0 Å². The number of aromatic nitrogens is 1. The average molecular weight is 403 g/mol. The molecule has 0 bridgehead atoms. The molecule has 1 amide bonds. The van der Waals surface area contributed by atoms with Crippen molar-refractivity contribution in [3.05, 3.63) is 92.3 Å². The minimum atomic E-state index is -0.496. The summed E-state index contributed by atoms with van der Waals surface area (Å²) in [5.41, 5.74) is 0.887. The zero-order chi connectivity index (χ0) is 19.4. The van der Waals surface area contributed by atoms with Gasteiger partial charge in [-0.1, -0.05) is 35.3 Å². The van der Waals surface area contributed by atoms with Crippen molar-refractivity contribution >= 4 is 34.8 Å². The molecule has 0 spiro atoms. The molecule has 5 nitrogen and oxygen atoms in total. The molecular formula is C20H16Cl2N2O3. The number of pyridine rings is 1. The number of carbonyl (C=O) groups is 1. The van der Waals surface area contributed by atoms with Crippen molar-refractivity contribution in [2.24, 2.45) is 0 Å². The predicted molar refractivity (Wildman–Crippen MR) is 107 cm³/mol. The minimum Gasteiger partial charge on any atom is -0.497 e. The number of nitrogens with one attached hydrogen (secondary N) is 1. The first-order chi connectivity index (χ1) is 13.0. The Balaban J connectivity index is 1.85. The van der Waals surface area contributed by atoms with Crippen LogP contribution in [0.3, 0.4) is 0 Å². The fraction of sp³-hybridized carbons (Fsp3) is 0.100. The molecule has 1 N–H and O–H groups in total. The van der Waals surface area contributed by atoms with E-state index in [1.165, 1.54) is 10.6 Å². The smallest absolute Gasteiger partial charge is 0.263 e. The summed E-state index contributed by atoms with van der Waals surface area (Å²) < 4.78 is 6.56. The van der Waals surface area contributed by atoms with Gasteiger partial charge < -0.3 is 14.6 Å². The number of benzene rings is 2. The Morgan fingerprint density at radius 1 is 1.11 bits per heavy atom. The highest BCUT2D eigenvalue weighted by atomic mass is 35.5. The lowest BCUT2D eigenvalue weighted by molar-refractivity contribution is 0.102. The summed E-state index contributed by atoms with van der Waals surface area (Å²) in [6.07, 6.45) is 1.61. The van der Waals surface area contributed by atoms with E-state index in [0.717, 1.165) is 5.56 Å². The Morgan fingerprint density at radius 2 is 1.93 bits per heavy atom. The van der Waals surface area contributed by atoms with E-state index in [-0.39, 0.29) is 12.1 Å². The largest absolute Gasteiger partial charge is 0.497 e. The van der Waals surface area contributed by atoms with Gasteiger partial charge in [-0.25, -0.2) is 0 Å². The van der Waals surface area contributed by atoms with Crippen LogP contribution in [0, 0.1) is 0 Å². The number of rotatable bonds is 5. The first kappa shape index (κ1) is 19.0. The van der Waals surface area contributed by atoms with Crippen LogP contribution in [-0.2, 0) is 6.54 Å². The topological polar surface area (TPSA) is 60.3 Å². The molecule has 138 valence electrons. The zero-order valence-corrected chi connectivity index (χ0v) is 15.9. The van der Waals surface area contributed by atoms with Crippen LogP contribution in [0.15, 0.2) is 65.6 Å². The van der Waals surface area contributed by atoms with Gasteiger partial charge in [-0.3, -0.25) is 9.59 Å². The summed E-state index contributed by atoms with van der Waals surface area (Å²) in [4.78, 5) is 25.3. The molecule has 0 aliphatic heterocycles. The molecule has 0 unspecified atom stereocenters. The van der Waals surface area contributed by atoms with Crippen molar-refractivity contribution in [3.8, 4) is 5.75 Å². The second-order valence-corrected chi connectivity index (χ2v) is 6.62. The van der Waals surface area contributed by atoms with Crippen LogP contribution in [0.2, 0.25) is 10.0 Å². The van der Waals surface area contributed by atoms with E-state index in [1.54, 1.807) is 61.8 Å². The molecule has 1 heterocycles. The standard InChI is InChI=1S/C20H16Cl2N2O3/c1-27-16-5-2-4-15(11-16)23-19(25)17-6-3-9-24(20(17)26)12-13-7-8-14(21)10-18(13)22/h2-11H,12H2,1H3,(H,23,25). The second-order valence-electron chi connectivity index (χ2n) is 5.78. The quantitative estimate of drug-likeness (QED) is 0.684. The van der Waals surface area contributed by atoms with Crippen LogP contribution < -0.4 is 15.6 Å². The summed E-state index contributed by atoms with van der Waals surface area (Å²) in [6.45, 7) is 0.231. The van der Waals surface area contributed by atoms with Crippen molar-refractivity contribution in [1.29, 1.82) is 0 Å². The van der Waals surface area contributed by atoms with Gasteiger partial charge in [0.05, 0.1) is 13.7 Å². The molecule has 2 aromatic carbocycles. The molecule has 0 fully saturated rings. The van der Waals surface area contributed by atoms with Gasteiger partial charge in [-0.2, -0.15) is 0 Å². The summed E-state index contributed by atoms with van der Waals surface area (Å²) in [6, 6.07) is 15.1. The third-order valence-electron chi connectivity index (χ3n) is 3.95. The Kier molecular flexibility index (Phi) is 5.84. The first-order valence-electron chi connectivity index (χ1n) is 8.06. The van der Waals surface area contributed by atoms with Crippen molar-refractivity contribution in [2.75, 3.05) is 12.4 Å². The van der Waals surface area contributed by atoms with Crippen LogP contribution in [-0.4, -0.2) is 17.6 Å². The fourth-order valence-electron chi connectivity index (χ4n) is 2.57. The van der Waals surface area contributed by atoms with Crippen LogP contribution in [0.4, 0.5) is 5.69 Å². The van der Waals surface area contributed by atoms with Crippen LogP contribution in [0.1, 0.15) is 15.9 Å². The van der Waals surface area contributed by atoms with Crippen LogP contribution in [0.5, 0.6) is 5.75 Å². The highest BCUT2D eigenvalue weighted by Gasteiger charge is 2.13. The first-order valence-corrected chi connectivity index (χ1v) is 8.82. The average Bonchev–Trinajstić information content (AvgIpc) is 2.65. The molecule has 3 rings (SSSR count). The molecule has 0 saturated carbocycles. The highest BCUT2D eigenvalue weighted by Crippen LogP contribution is 2.21. The molecule has 0 radical (unpaired) electrons. The minimum absolute atomic E-state index is 0.0328. The zero-order valence-electron chi connectivity index (χ0n) is 14.4. The summed E-state index contributed by atoms with van der Waals surface area (Å²) >= 11 is 12.1. The van der Waals surface area contributed by atoms with E-state index in [2.05, 4.69) is 5.32 Å². The number of halogens is 2. The number of nitrogens with zero attached hydrogens (tertiary/aromatic N) is 1. The van der Waals surface area contributed by atoms with Crippen molar-refractivity contribution in [2.45, 2.75) is 6.54 Å². The van der Waals surface area contributed by atoms with E-state index in [4.69, 9.17) is 27.9 Å². The molecule has 0 aliphatic rings. The predicted octanol–water partition coefficient (Wildman–Crippen LogP) is 4.46. The molecule has 7 heteroatoms. The Bertz CT molecular complexity index is 1050. The van der Waals surface area contributed by atoms with Crippen molar-refractivity contribution < 1.29 is 9.53 Å². The van der Waals surface area contributed by atoms with Gasteiger partial charge in [0.2, 0.25) is 0 Å². The maximum Gasteiger partial charge on any atom is 0.263 e. The maximum atomic E-state index is 12.7. The maximum absolute atomic E-state index is 12.7. The van der Waals surface area contributed by atoms with Gasteiger partial charge in [0.25, 0.3) is 11.5 Å². The molecule has 0 aliphatic carbocycles. The lowest BCUT2D eigenvalue weighted by Crippen LogP contribution is -2.29. The summed E-state index contributed by atoms with van der Waals surface area (Å²) in [7, 11) is 1.54. The van der Waals surface area contributed by atoms with E-state index in [0.29, 0.717) is 21.5 Å². The van der Waals surface area contributed by atoms with E-state index in [1.807, 2.05) is 0 Å². The summed E-state index contributed by atoms with van der Waals surface area (Å²) in [5.74, 6) is 0.112. The van der Waals surface area contributed by atoms with Crippen LogP contribution in [0.25, 0.3) is 0 Å². The monoisotopic (exact) mass is 402 g/mol. The molecule has 0 saturated heterocycles. The van der Waals surface area contributed by atoms with Gasteiger partial charge in [0.15, 0.2) is 0 Å². The van der Waals surface area contributed by atoms with E-state index < -0.39 is 11.5 Å². The van der Waals surface area contributed by atoms with Gasteiger partial charge in [-0.05, 0) is 42.0 Å². The molecule has 3 aromatic rings. The van der Waals surface area contributed by atoms with Gasteiger partial charge in [0, 0.05) is 28.0 Å². The third kappa shape index (κ3) is 4.51. The SMILES string of the molecule is COc1cccc(NC(=O)c2cccn(Cc3ccc(Cl)cc3Cl)c2=O)c1. The third-order valence-corrected chi connectivity index (χ3v) is 4.54. The number of methoxy groups -OCH3 is 1. The number of anilines is 1. The second kappa shape index (κ2) is 8.29. The Labute approximate surface area is 166 Å². The normalized spacial score (nSPS) is 10.5. The van der Waals surface area contributed by atoms with E-state index >= 15 is 0 Å². The van der Waals surface area contributed by atoms with E-state index in [9.17, 15) is 9.59 Å². The Morgan fingerprint density at radius 3 is 2.67 bits per heavy atom. The number of amides is 1. The number of ether oxygens (including phenoxy) is 1. The van der Waals surface area contributed by atoms with Crippen molar-refractivity contribution in [1.82, 2.24) is 4.57 Å². The number of carbonyl (C=O) groups excluding carboxylic acids is 1. The highest BCUT2D eigenvalue weighted by molar-refractivity contribution is 6.35. The van der Waals surface area contributed by atoms with Gasteiger partial charge in [0.1, 0.15) is 11.3 Å². The molecular weight excluding hydrogens is 387 g/mol. The number of hydrogen-bond acceptors (Lipinski definition) is 3.